The molecule has 0 saturated carbocycles. The number of hydrogen-bond donors (Lipinski definition) is 2. The minimum Gasteiger partial charge on any atom is -0.454 e. The fourth-order valence-corrected chi connectivity index (χ4v) is 3.22. The Morgan fingerprint density at radius 1 is 1.14 bits per heavy atom. The van der Waals surface area contributed by atoms with Crippen molar-refractivity contribution in [2.24, 2.45) is 0 Å². The maximum Gasteiger partial charge on any atom is 0.278 e. The Morgan fingerprint density at radius 3 is 2.71 bits per heavy atom. The van der Waals surface area contributed by atoms with E-state index in [4.69, 9.17) is 21.1 Å². The molecule has 1 aromatic heterocycles. The van der Waals surface area contributed by atoms with E-state index in [0.717, 1.165) is 11.8 Å². The van der Waals surface area contributed by atoms with Crippen LogP contribution in [0.4, 0.5) is 5.69 Å². The Hall–Kier alpha value is -3.04. The molecule has 4 rings (SSSR count). The second kappa shape index (κ2) is 7.91. The lowest BCUT2D eigenvalue weighted by Crippen LogP contribution is -2.17. The maximum absolute atomic E-state index is 12.2. The van der Waals surface area contributed by atoms with Crippen LogP contribution < -0.4 is 20.3 Å². The van der Waals surface area contributed by atoms with E-state index >= 15 is 0 Å². The third kappa shape index (κ3) is 4.10. The average Bonchev–Trinajstić information content (AvgIpc) is 3.15. The van der Waals surface area contributed by atoms with Crippen molar-refractivity contribution < 1.29 is 14.3 Å². The summed E-state index contributed by atoms with van der Waals surface area (Å²) < 4.78 is 10.5. The van der Waals surface area contributed by atoms with Gasteiger partial charge in [0, 0.05) is 22.3 Å². The zero-order valence-corrected chi connectivity index (χ0v) is 15.8. The number of fused-ring (bicyclic) bond motifs is 1. The summed E-state index contributed by atoms with van der Waals surface area (Å²) in [6.07, 6.45) is 0. The number of rotatable bonds is 5. The molecule has 0 radical (unpaired) electrons. The molecule has 3 aromatic rings. The normalized spacial score (nSPS) is 12.0. The molecule has 0 spiro atoms. The summed E-state index contributed by atoms with van der Waals surface area (Å²) in [6, 6.07) is 11.8. The van der Waals surface area contributed by atoms with Crippen molar-refractivity contribution in [3.63, 3.8) is 0 Å². The highest BCUT2D eigenvalue weighted by atomic mass is 35.5. The number of amides is 1. The van der Waals surface area contributed by atoms with E-state index in [2.05, 4.69) is 20.5 Å². The van der Waals surface area contributed by atoms with Crippen LogP contribution in [-0.4, -0.2) is 33.6 Å². The Morgan fingerprint density at radius 2 is 1.93 bits per heavy atom. The van der Waals surface area contributed by atoms with E-state index in [-0.39, 0.29) is 29.3 Å². The number of benzene rings is 2. The molecule has 0 unspecified atom stereocenters. The summed E-state index contributed by atoms with van der Waals surface area (Å²) in [5, 5.41) is 11.5. The van der Waals surface area contributed by atoms with Gasteiger partial charge in [-0.15, -0.1) is 10.2 Å². The number of ether oxygens (including phenoxy) is 2. The molecule has 0 bridgehead atoms. The SMILES string of the molecule is O=C(CSc1nnc(-c2ccc(Cl)cc2)c(=O)[nH]1)Nc1ccc2c(c1)OCO2. The van der Waals surface area contributed by atoms with Crippen LogP contribution in [0.1, 0.15) is 0 Å². The molecular weight excluding hydrogens is 404 g/mol. The first-order chi connectivity index (χ1) is 13.6. The number of H-pyrrole nitrogens is 1. The Labute approximate surface area is 168 Å². The van der Waals surface area contributed by atoms with E-state index in [1.165, 1.54) is 0 Å². The molecule has 1 aliphatic rings. The fraction of sp³-hybridized carbons (Fsp3) is 0.111. The van der Waals surface area contributed by atoms with Crippen LogP contribution in [0.2, 0.25) is 5.02 Å². The monoisotopic (exact) mass is 416 g/mol. The number of carbonyl (C=O) groups is 1. The van der Waals surface area contributed by atoms with Crippen molar-refractivity contribution in [1.29, 1.82) is 0 Å². The molecule has 1 amide bonds. The molecule has 1 aliphatic heterocycles. The van der Waals surface area contributed by atoms with Gasteiger partial charge in [-0.2, -0.15) is 0 Å². The van der Waals surface area contributed by atoms with Gasteiger partial charge in [-0.25, -0.2) is 0 Å². The van der Waals surface area contributed by atoms with Gasteiger partial charge in [-0.3, -0.25) is 14.6 Å². The third-order valence-corrected chi connectivity index (χ3v) is 4.91. The fourth-order valence-electron chi connectivity index (χ4n) is 2.49. The van der Waals surface area contributed by atoms with Crippen molar-refractivity contribution >= 4 is 35.0 Å². The quantitative estimate of drug-likeness (QED) is 0.616. The summed E-state index contributed by atoms with van der Waals surface area (Å²) in [6.45, 7) is 0.167. The number of hydrogen-bond acceptors (Lipinski definition) is 7. The van der Waals surface area contributed by atoms with E-state index in [9.17, 15) is 9.59 Å². The minimum absolute atomic E-state index is 0.0549. The molecule has 2 aromatic carbocycles. The van der Waals surface area contributed by atoms with Gasteiger partial charge in [0.1, 0.15) is 0 Å². The molecule has 2 N–H and O–H groups in total. The zero-order chi connectivity index (χ0) is 19.5. The van der Waals surface area contributed by atoms with Crippen LogP contribution in [0.3, 0.4) is 0 Å². The minimum atomic E-state index is -0.393. The van der Waals surface area contributed by atoms with Gasteiger partial charge >= 0.3 is 0 Å². The average molecular weight is 417 g/mol. The number of aromatic nitrogens is 3. The van der Waals surface area contributed by atoms with Gasteiger partial charge in [0.15, 0.2) is 22.3 Å². The van der Waals surface area contributed by atoms with Crippen molar-refractivity contribution in [2.45, 2.75) is 5.16 Å². The summed E-state index contributed by atoms with van der Waals surface area (Å²) in [7, 11) is 0. The molecule has 0 fully saturated rings. The molecular formula is C18H13ClN4O4S. The van der Waals surface area contributed by atoms with Gasteiger partial charge in [-0.1, -0.05) is 35.5 Å². The van der Waals surface area contributed by atoms with Crippen LogP contribution in [0, 0.1) is 0 Å². The molecule has 10 heteroatoms. The van der Waals surface area contributed by atoms with E-state index in [1.807, 2.05) is 0 Å². The highest BCUT2D eigenvalue weighted by Crippen LogP contribution is 2.34. The van der Waals surface area contributed by atoms with Crippen molar-refractivity contribution in [1.82, 2.24) is 15.2 Å². The van der Waals surface area contributed by atoms with Crippen LogP contribution in [0.5, 0.6) is 11.5 Å². The lowest BCUT2D eigenvalue weighted by Gasteiger charge is -2.06. The number of nitrogens with one attached hydrogen (secondary N) is 2. The smallest absolute Gasteiger partial charge is 0.278 e. The van der Waals surface area contributed by atoms with E-state index in [0.29, 0.717) is 27.8 Å². The molecule has 0 atom stereocenters. The van der Waals surface area contributed by atoms with Crippen LogP contribution >= 0.6 is 23.4 Å². The number of carbonyl (C=O) groups excluding carboxylic acids is 1. The molecule has 0 saturated heterocycles. The first-order valence-electron chi connectivity index (χ1n) is 8.14. The number of thioether (sulfide) groups is 1. The highest BCUT2D eigenvalue weighted by molar-refractivity contribution is 7.99. The molecule has 142 valence electrons. The van der Waals surface area contributed by atoms with Crippen molar-refractivity contribution in [3.8, 4) is 22.8 Å². The third-order valence-electron chi connectivity index (χ3n) is 3.79. The topological polar surface area (TPSA) is 106 Å². The van der Waals surface area contributed by atoms with Crippen LogP contribution in [-0.2, 0) is 4.79 Å². The summed E-state index contributed by atoms with van der Waals surface area (Å²) in [4.78, 5) is 27.0. The molecule has 2 heterocycles. The van der Waals surface area contributed by atoms with Gasteiger partial charge in [0.2, 0.25) is 12.7 Å². The predicted molar refractivity (Wildman–Crippen MR) is 105 cm³/mol. The number of halogens is 1. The molecule has 28 heavy (non-hydrogen) atoms. The highest BCUT2D eigenvalue weighted by Gasteiger charge is 2.15. The van der Waals surface area contributed by atoms with Gasteiger partial charge in [-0.05, 0) is 24.3 Å². The first-order valence-corrected chi connectivity index (χ1v) is 9.50. The van der Waals surface area contributed by atoms with Gasteiger partial charge in [0.25, 0.3) is 5.56 Å². The number of anilines is 1. The second-order valence-corrected chi connectivity index (χ2v) is 7.12. The van der Waals surface area contributed by atoms with Gasteiger partial charge < -0.3 is 14.8 Å². The standard InChI is InChI=1S/C18H13ClN4O4S/c19-11-3-1-10(2-4-11)16-17(25)21-18(23-22-16)28-8-15(24)20-12-5-6-13-14(7-12)27-9-26-13/h1-7H,8-9H2,(H,20,24)(H,21,23,25). The Bertz CT molecular complexity index is 1090. The molecule has 8 nitrogen and oxygen atoms in total. The lowest BCUT2D eigenvalue weighted by molar-refractivity contribution is -0.113. The van der Waals surface area contributed by atoms with E-state index < -0.39 is 5.56 Å². The van der Waals surface area contributed by atoms with Crippen LogP contribution in [0.25, 0.3) is 11.3 Å². The van der Waals surface area contributed by atoms with Gasteiger partial charge in [0.05, 0.1) is 5.75 Å². The Kier molecular flexibility index (Phi) is 5.18. The number of aromatic amines is 1. The summed E-state index contributed by atoms with van der Waals surface area (Å²) in [5.74, 6) is 1.02. The Balaban J connectivity index is 1.38. The lowest BCUT2D eigenvalue weighted by atomic mass is 10.2. The van der Waals surface area contributed by atoms with Crippen molar-refractivity contribution in [3.05, 3.63) is 57.8 Å². The largest absolute Gasteiger partial charge is 0.454 e. The van der Waals surface area contributed by atoms with Crippen molar-refractivity contribution in [2.75, 3.05) is 17.9 Å². The first kappa shape index (κ1) is 18.3. The summed E-state index contributed by atoms with van der Waals surface area (Å²) >= 11 is 6.92. The summed E-state index contributed by atoms with van der Waals surface area (Å²) in [5.41, 5.74) is 0.990. The zero-order valence-electron chi connectivity index (χ0n) is 14.3. The maximum atomic E-state index is 12.2. The van der Waals surface area contributed by atoms with E-state index in [1.54, 1.807) is 42.5 Å². The van der Waals surface area contributed by atoms with Crippen LogP contribution in [0.15, 0.2) is 52.4 Å². The predicted octanol–water partition coefficient (Wildman–Crippen LogP) is 2.94. The number of nitrogens with zero attached hydrogens (tertiary/aromatic N) is 2. The second-order valence-electron chi connectivity index (χ2n) is 5.72. The molecule has 0 aliphatic carbocycles.